The predicted molar refractivity (Wildman–Crippen MR) is 145 cm³/mol. The number of aliphatic hydroxyl groups is 1. The van der Waals surface area contributed by atoms with E-state index in [0.717, 1.165) is 0 Å². The Morgan fingerprint density at radius 3 is 1.08 bits per heavy atom. The van der Waals surface area contributed by atoms with Crippen molar-refractivity contribution in [1.82, 2.24) is 0 Å². The van der Waals surface area contributed by atoms with E-state index in [0.29, 0.717) is 0 Å². The van der Waals surface area contributed by atoms with Gasteiger partial charge in [0.25, 0.3) is 0 Å². The second-order valence-corrected chi connectivity index (χ2v) is 18.0. The molecule has 0 amide bonds. The summed E-state index contributed by atoms with van der Waals surface area (Å²) in [6.45, 7) is -3.25. The number of ether oxygens (including phenoxy) is 3. The summed E-state index contributed by atoms with van der Waals surface area (Å²) in [5.74, 6) is 0. The first-order chi connectivity index (χ1) is 22.5. The highest BCUT2D eigenvalue weighted by Gasteiger charge is 2.59. The molecule has 0 aromatic heterocycles. The Morgan fingerprint density at radius 2 is 0.706 bits per heavy atom. The molecule has 0 spiro atoms. The maximum absolute atomic E-state index is 12.0. The third kappa shape index (κ3) is 18.0. The van der Waals surface area contributed by atoms with Gasteiger partial charge in [0.1, 0.15) is 48.8 Å². The average molecular weight is 902 g/mol. The van der Waals surface area contributed by atoms with Crippen LogP contribution < -0.4 is 0 Å². The van der Waals surface area contributed by atoms with Crippen LogP contribution in [-0.4, -0.2) is 148 Å². The van der Waals surface area contributed by atoms with Crippen LogP contribution in [0.1, 0.15) is 0 Å². The highest BCUT2D eigenvalue weighted by Crippen LogP contribution is 2.53. The van der Waals surface area contributed by atoms with Gasteiger partial charge >= 0.3 is 54.8 Å². The molecule has 10 atom stereocenters. The summed E-state index contributed by atoms with van der Waals surface area (Å²) in [6, 6.07) is 0. The number of aliphatic hydroxyl groups excluding tert-OH is 1. The fraction of sp³-hybridized carbons (Fsp3) is 1.00. The van der Waals surface area contributed by atoms with Crippen LogP contribution in [0.5, 0.6) is 0 Å². The zero-order valence-corrected chi connectivity index (χ0v) is 30.2. The van der Waals surface area contributed by atoms with Crippen molar-refractivity contribution in [3.05, 3.63) is 0 Å². The molecule has 0 aromatic rings. The summed E-state index contributed by atoms with van der Waals surface area (Å²) < 4.78 is 127. The third-order valence-electron chi connectivity index (χ3n) is 5.60. The summed E-state index contributed by atoms with van der Waals surface area (Å²) in [6.07, 6.45) is -28.3. The normalized spacial score (nSPS) is 32.2. The molecule has 304 valence electrons. The van der Waals surface area contributed by atoms with Crippen LogP contribution in [0.3, 0.4) is 0 Å². The molecule has 2 aliphatic rings. The van der Waals surface area contributed by atoms with E-state index in [1.54, 1.807) is 0 Å². The molecule has 0 radical (unpaired) electrons. The van der Waals surface area contributed by atoms with Gasteiger partial charge in [0.15, 0.2) is 12.6 Å². The Morgan fingerprint density at radius 1 is 0.392 bits per heavy atom. The van der Waals surface area contributed by atoms with Crippen molar-refractivity contribution in [3.8, 4) is 0 Å². The lowest BCUT2D eigenvalue weighted by Crippen LogP contribution is -2.65. The van der Waals surface area contributed by atoms with E-state index in [1.807, 2.05) is 0 Å². The molecule has 51 heavy (non-hydrogen) atoms. The lowest BCUT2D eigenvalue weighted by atomic mass is 9.97. The van der Waals surface area contributed by atoms with Crippen LogP contribution >= 0.6 is 54.8 Å². The van der Waals surface area contributed by atoms with Crippen LogP contribution in [-0.2, 0) is 77.8 Å². The van der Waals surface area contributed by atoms with Crippen LogP contribution in [0.25, 0.3) is 0 Å². The van der Waals surface area contributed by atoms with E-state index < -0.39 is 129 Å². The zero-order valence-electron chi connectivity index (χ0n) is 24.0. The van der Waals surface area contributed by atoms with Crippen molar-refractivity contribution in [1.29, 1.82) is 0 Å². The van der Waals surface area contributed by atoms with Crippen molar-refractivity contribution < 1.29 is 151 Å². The van der Waals surface area contributed by atoms with Crippen molar-refractivity contribution in [2.45, 2.75) is 61.4 Å². The van der Waals surface area contributed by atoms with Crippen molar-refractivity contribution >= 4 is 54.8 Å². The summed E-state index contributed by atoms with van der Waals surface area (Å²) in [5, 5.41) is 10.4. The average Bonchev–Trinajstić information content (AvgIpc) is 2.84. The van der Waals surface area contributed by atoms with Crippen LogP contribution in [0.4, 0.5) is 0 Å². The fourth-order valence-electron chi connectivity index (χ4n) is 4.20. The highest BCUT2D eigenvalue weighted by molar-refractivity contribution is 7.47. The molecular weight excluding hydrogens is 873 g/mol. The highest BCUT2D eigenvalue weighted by atomic mass is 31.2. The molecule has 2 fully saturated rings. The SMILES string of the molecule is O=P(O)(O)OCC1O[C@@H](O)C(OP(=O)(O)O)[C@@H](OP(=O)(O)O)[C@@H]1O[C@@H]1OC(COP(=O)(O)O)[C@H](OP(=O)(O)O)[C@H](OP(=O)(O)O)C1OP(=O)(O)O. The Kier molecular flexibility index (Phi) is 16.3. The van der Waals surface area contributed by atoms with Gasteiger partial charge in [0.2, 0.25) is 0 Å². The molecule has 32 nitrogen and oxygen atoms in total. The molecule has 39 heteroatoms. The molecule has 2 heterocycles. The van der Waals surface area contributed by atoms with Gasteiger partial charge in [-0.3, -0.25) is 31.7 Å². The molecule has 15 N–H and O–H groups in total. The van der Waals surface area contributed by atoms with E-state index in [-0.39, 0.29) is 0 Å². The van der Waals surface area contributed by atoms with Gasteiger partial charge in [-0.25, -0.2) is 32.0 Å². The van der Waals surface area contributed by atoms with E-state index in [1.165, 1.54) is 0 Å². The molecule has 0 aromatic carbocycles. The third-order valence-corrected chi connectivity index (χ3v) is 9.16. The fourth-order valence-corrected chi connectivity index (χ4v) is 7.64. The number of phosphoric ester groups is 7. The number of rotatable bonds is 18. The van der Waals surface area contributed by atoms with Gasteiger partial charge < -0.3 is 87.8 Å². The number of phosphoric acid groups is 7. The minimum absolute atomic E-state index is 1.58. The van der Waals surface area contributed by atoms with Crippen LogP contribution in [0, 0.1) is 0 Å². The molecule has 0 bridgehead atoms. The Balaban J connectivity index is 2.87. The minimum atomic E-state index is -6.10. The van der Waals surface area contributed by atoms with E-state index in [9.17, 15) is 86.0 Å². The molecule has 2 rings (SSSR count). The van der Waals surface area contributed by atoms with Crippen molar-refractivity contribution in [2.75, 3.05) is 13.2 Å². The maximum atomic E-state index is 12.0. The zero-order chi connectivity index (χ0) is 39.8. The topological polar surface area (TPSA) is 515 Å². The van der Waals surface area contributed by atoms with Crippen LogP contribution in [0.15, 0.2) is 0 Å². The van der Waals surface area contributed by atoms with Gasteiger partial charge in [-0.15, -0.1) is 0 Å². The second-order valence-electron chi connectivity index (χ2n) is 9.58. The van der Waals surface area contributed by atoms with E-state index in [4.69, 9.17) is 33.8 Å². The Hall–Kier alpha value is 0.610. The molecule has 2 saturated heterocycles. The molecule has 0 saturated carbocycles. The van der Waals surface area contributed by atoms with Gasteiger partial charge in [-0.2, -0.15) is 0 Å². The maximum Gasteiger partial charge on any atom is 0.470 e. The number of hydrogen-bond donors (Lipinski definition) is 15. The number of hydrogen-bond acceptors (Lipinski definition) is 18. The van der Waals surface area contributed by atoms with Gasteiger partial charge in [-0.1, -0.05) is 0 Å². The first-order valence-electron chi connectivity index (χ1n) is 12.3. The first kappa shape index (κ1) is 47.8. The van der Waals surface area contributed by atoms with Gasteiger partial charge in [0.05, 0.1) is 13.2 Å². The predicted octanol–water partition coefficient (Wildman–Crippen LogP) is -4.58. The molecule has 2 aliphatic heterocycles. The standard InChI is InChI=1S/C12H29O32P7/c13-11-9(43-50(29,30)31)7(41-48(23,24)25)5(3(37-11)1-35-45(14,15)16)39-12-10(44-51(32,33)34)8(42-49(26,27)28)6(40-47(20,21)22)4(38-12)2-36-46(17,18)19/h3-13H,1-2H2,(H2,14,15,16)(H2,17,18,19)(H2,20,21,22)(H2,23,24,25)(H2,26,27,28)(H2,29,30,31)(H2,32,33,34)/t3?,4?,5-,6+,7+,8+,9?,10?,11-,12+/m1/s1. The minimum Gasteiger partial charge on any atom is -0.366 e. The second kappa shape index (κ2) is 17.4. The Labute approximate surface area is 281 Å². The summed E-state index contributed by atoms with van der Waals surface area (Å²) in [7, 11) is -41.2. The Bertz CT molecular complexity index is 1510. The largest absolute Gasteiger partial charge is 0.470 e. The summed E-state index contributed by atoms with van der Waals surface area (Å²) in [4.78, 5) is 131. The quantitative estimate of drug-likeness (QED) is 0.0576. The first-order valence-corrected chi connectivity index (χ1v) is 23.0. The monoisotopic (exact) mass is 902 g/mol. The van der Waals surface area contributed by atoms with Crippen molar-refractivity contribution in [3.63, 3.8) is 0 Å². The van der Waals surface area contributed by atoms with Gasteiger partial charge in [0, 0.05) is 0 Å². The van der Waals surface area contributed by atoms with Crippen LogP contribution in [0.2, 0.25) is 0 Å². The molecular formula is C12H29O32P7. The summed E-state index contributed by atoms with van der Waals surface area (Å²) in [5.41, 5.74) is 0. The lowest BCUT2D eigenvalue weighted by molar-refractivity contribution is -0.347. The molecule has 0 aliphatic carbocycles. The smallest absolute Gasteiger partial charge is 0.366 e. The summed E-state index contributed by atoms with van der Waals surface area (Å²) >= 11 is 0. The van der Waals surface area contributed by atoms with Crippen molar-refractivity contribution in [2.24, 2.45) is 0 Å². The molecule has 4 unspecified atom stereocenters. The van der Waals surface area contributed by atoms with E-state index >= 15 is 0 Å². The lowest BCUT2D eigenvalue weighted by Gasteiger charge is -2.49. The van der Waals surface area contributed by atoms with Gasteiger partial charge in [-0.05, 0) is 0 Å². The van der Waals surface area contributed by atoms with E-state index in [2.05, 4.69) is 31.7 Å².